The van der Waals surface area contributed by atoms with Crippen molar-refractivity contribution in [2.45, 2.75) is 26.7 Å². The molecule has 0 unspecified atom stereocenters. The fraction of sp³-hybridized carbons (Fsp3) is 0.467. The van der Waals surface area contributed by atoms with Gasteiger partial charge in [0.2, 0.25) is 0 Å². The molecule has 0 aliphatic carbocycles. The molecule has 0 fully saturated rings. The molecule has 0 N–H and O–H groups in total. The average molecular weight is 362 g/mol. The summed E-state index contributed by atoms with van der Waals surface area (Å²) in [7, 11) is 0. The van der Waals surface area contributed by atoms with Gasteiger partial charge in [-0.3, -0.25) is 0 Å². The fourth-order valence-corrected chi connectivity index (χ4v) is 2.06. The summed E-state index contributed by atoms with van der Waals surface area (Å²) >= 11 is 9.40. The van der Waals surface area contributed by atoms with Crippen LogP contribution in [0, 0.1) is 11.8 Å². The lowest BCUT2D eigenvalue weighted by molar-refractivity contribution is -0.339. The van der Waals surface area contributed by atoms with Crippen molar-refractivity contribution in [2.24, 2.45) is 0 Å². The van der Waals surface area contributed by atoms with E-state index in [1.54, 1.807) is 12.1 Å². The monoisotopic (exact) mass is 360 g/mol. The Bertz CT molecular complexity index is 477. The molecule has 0 aromatic heterocycles. The highest BCUT2D eigenvalue weighted by Crippen LogP contribution is 2.21. The van der Waals surface area contributed by atoms with E-state index in [-0.39, 0.29) is 0 Å². The lowest BCUT2D eigenvalue weighted by Gasteiger charge is -2.26. The molecule has 1 aromatic carbocycles. The van der Waals surface area contributed by atoms with Gasteiger partial charge < -0.3 is 14.2 Å². The maximum absolute atomic E-state index is 5.97. The molecule has 110 valence electrons. The zero-order valence-electron chi connectivity index (χ0n) is 11.8. The lowest BCUT2D eigenvalue weighted by atomic mass is 10.2. The van der Waals surface area contributed by atoms with E-state index in [1.807, 2.05) is 26.8 Å². The second-order valence-electron chi connectivity index (χ2n) is 3.73. The first-order valence-corrected chi connectivity index (χ1v) is 7.64. The normalized spacial score (nSPS) is 11.1. The van der Waals surface area contributed by atoms with Crippen LogP contribution in [0.5, 0.6) is 0 Å². The van der Waals surface area contributed by atoms with Crippen molar-refractivity contribution in [3.63, 3.8) is 0 Å². The summed E-state index contributed by atoms with van der Waals surface area (Å²) in [5.41, 5.74) is 0.751. The van der Waals surface area contributed by atoms with Crippen molar-refractivity contribution >= 4 is 27.5 Å². The van der Waals surface area contributed by atoms with Gasteiger partial charge in [-0.05, 0) is 60.8 Å². The van der Waals surface area contributed by atoms with Crippen molar-refractivity contribution in [1.29, 1.82) is 0 Å². The molecule has 0 spiro atoms. The molecule has 0 aliphatic heterocycles. The molecular formula is C15H18BrClO3. The summed E-state index contributed by atoms with van der Waals surface area (Å²) in [6.07, 6.45) is 0. The Morgan fingerprint density at radius 3 is 2.15 bits per heavy atom. The number of benzene rings is 1. The minimum Gasteiger partial charge on any atom is -0.317 e. The minimum atomic E-state index is -1.33. The number of hydrogen-bond donors (Lipinski definition) is 0. The summed E-state index contributed by atoms with van der Waals surface area (Å²) in [4.78, 5) is 0. The first kappa shape index (κ1) is 17.5. The van der Waals surface area contributed by atoms with Gasteiger partial charge in [-0.15, -0.1) is 0 Å². The fourth-order valence-electron chi connectivity index (χ4n) is 1.54. The molecular weight excluding hydrogens is 344 g/mol. The topological polar surface area (TPSA) is 27.7 Å². The van der Waals surface area contributed by atoms with E-state index in [2.05, 4.69) is 27.8 Å². The van der Waals surface area contributed by atoms with Crippen LogP contribution in [0.1, 0.15) is 26.3 Å². The van der Waals surface area contributed by atoms with Gasteiger partial charge in [-0.1, -0.05) is 17.5 Å². The first-order valence-electron chi connectivity index (χ1n) is 6.47. The summed E-state index contributed by atoms with van der Waals surface area (Å²) in [5.74, 6) is 4.57. The molecule has 0 radical (unpaired) electrons. The van der Waals surface area contributed by atoms with Crippen molar-refractivity contribution < 1.29 is 14.2 Å². The highest BCUT2D eigenvalue weighted by Gasteiger charge is 2.30. The number of hydrogen-bond acceptors (Lipinski definition) is 3. The van der Waals surface area contributed by atoms with Gasteiger partial charge >= 0.3 is 5.97 Å². The van der Waals surface area contributed by atoms with Crippen LogP contribution in [-0.4, -0.2) is 25.8 Å². The third-order valence-corrected chi connectivity index (χ3v) is 3.21. The third-order valence-electron chi connectivity index (χ3n) is 2.28. The first-order chi connectivity index (χ1) is 9.56. The molecule has 5 heteroatoms. The van der Waals surface area contributed by atoms with Crippen molar-refractivity contribution in [1.82, 2.24) is 0 Å². The molecule has 0 bridgehead atoms. The maximum atomic E-state index is 5.97. The zero-order chi connectivity index (χ0) is 15.0. The SMILES string of the molecule is CCOC(C#Cc1cc(Cl)ccc1Br)(OCC)OCC. The van der Waals surface area contributed by atoms with Gasteiger partial charge in [0, 0.05) is 15.1 Å². The summed E-state index contributed by atoms with van der Waals surface area (Å²) in [5, 5.41) is 0.618. The van der Waals surface area contributed by atoms with Crippen LogP contribution in [0.15, 0.2) is 22.7 Å². The third kappa shape index (κ3) is 5.08. The van der Waals surface area contributed by atoms with E-state index in [0.717, 1.165) is 10.0 Å². The molecule has 20 heavy (non-hydrogen) atoms. The minimum absolute atomic E-state index is 0.436. The molecule has 1 aromatic rings. The van der Waals surface area contributed by atoms with E-state index in [4.69, 9.17) is 25.8 Å². The van der Waals surface area contributed by atoms with Gasteiger partial charge in [0.25, 0.3) is 0 Å². The van der Waals surface area contributed by atoms with Crippen LogP contribution >= 0.6 is 27.5 Å². The molecule has 0 atom stereocenters. The zero-order valence-corrected chi connectivity index (χ0v) is 14.2. The van der Waals surface area contributed by atoms with Crippen molar-refractivity contribution in [3.05, 3.63) is 33.3 Å². The summed E-state index contributed by atoms with van der Waals surface area (Å²) in [6, 6.07) is 5.40. The van der Waals surface area contributed by atoms with Gasteiger partial charge in [0.15, 0.2) is 0 Å². The standard InChI is InChI=1S/C15H18BrClO3/c1-4-18-15(19-5-2,20-6-3)10-9-12-11-13(17)7-8-14(12)16/h7-8,11H,4-6H2,1-3H3. The van der Waals surface area contributed by atoms with Crippen LogP contribution < -0.4 is 0 Å². The maximum Gasteiger partial charge on any atom is 0.353 e. The van der Waals surface area contributed by atoms with E-state index < -0.39 is 5.97 Å². The second kappa shape index (κ2) is 8.66. The van der Waals surface area contributed by atoms with Crippen LogP contribution in [0.25, 0.3) is 0 Å². The number of halogens is 2. The Hall–Kier alpha value is -0.570. The lowest BCUT2D eigenvalue weighted by Crippen LogP contribution is -2.38. The molecule has 3 nitrogen and oxygen atoms in total. The van der Waals surface area contributed by atoms with Gasteiger partial charge in [-0.2, -0.15) is 0 Å². The molecule has 0 amide bonds. The molecule has 1 rings (SSSR count). The van der Waals surface area contributed by atoms with Gasteiger partial charge in [-0.25, -0.2) is 0 Å². The summed E-state index contributed by atoms with van der Waals surface area (Å²) < 4.78 is 17.5. The number of rotatable bonds is 6. The van der Waals surface area contributed by atoms with Crippen molar-refractivity contribution in [2.75, 3.05) is 19.8 Å². The van der Waals surface area contributed by atoms with Crippen molar-refractivity contribution in [3.8, 4) is 11.8 Å². The number of ether oxygens (including phenoxy) is 3. The largest absolute Gasteiger partial charge is 0.353 e. The Balaban J connectivity index is 3.10. The smallest absolute Gasteiger partial charge is 0.317 e. The Labute approximate surface area is 133 Å². The Morgan fingerprint density at radius 2 is 1.65 bits per heavy atom. The van der Waals surface area contributed by atoms with Crippen LogP contribution in [0.3, 0.4) is 0 Å². The molecule has 0 heterocycles. The highest BCUT2D eigenvalue weighted by atomic mass is 79.9. The van der Waals surface area contributed by atoms with Crippen LogP contribution in [0.2, 0.25) is 5.02 Å². The predicted molar refractivity (Wildman–Crippen MR) is 83.6 cm³/mol. The van der Waals surface area contributed by atoms with Crippen LogP contribution in [0.4, 0.5) is 0 Å². The average Bonchev–Trinajstić information content (AvgIpc) is 2.41. The quantitative estimate of drug-likeness (QED) is 0.561. The predicted octanol–water partition coefficient (Wildman–Crippen LogP) is 4.22. The van der Waals surface area contributed by atoms with Gasteiger partial charge in [0.1, 0.15) is 0 Å². The Morgan fingerprint density at radius 1 is 1.10 bits per heavy atom. The molecule has 0 saturated carbocycles. The second-order valence-corrected chi connectivity index (χ2v) is 5.02. The van der Waals surface area contributed by atoms with E-state index in [0.29, 0.717) is 24.8 Å². The Kier molecular flexibility index (Phi) is 7.57. The molecule has 0 saturated heterocycles. The van der Waals surface area contributed by atoms with Crippen LogP contribution in [-0.2, 0) is 14.2 Å². The summed E-state index contributed by atoms with van der Waals surface area (Å²) in [6.45, 7) is 6.90. The van der Waals surface area contributed by atoms with E-state index in [9.17, 15) is 0 Å². The van der Waals surface area contributed by atoms with Gasteiger partial charge in [0.05, 0.1) is 19.8 Å². The highest BCUT2D eigenvalue weighted by molar-refractivity contribution is 9.10. The van der Waals surface area contributed by atoms with E-state index >= 15 is 0 Å². The molecule has 0 aliphatic rings. The van der Waals surface area contributed by atoms with E-state index in [1.165, 1.54) is 0 Å².